The molecule has 2 aromatic rings. The quantitative estimate of drug-likeness (QED) is 0.258. The first-order chi connectivity index (χ1) is 22.5. The molecule has 2 aromatic carbocycles. The number of benzene rings is 2. The zero-order valence-corrected chi connectivity index (χ0v) is 33.7. The van der Waals surface area contributed by atoms with Crippen LogP contribution in [0.25, 0.3) is 0 Å². The largest absolute Gasteiger partial charge is 0.496 e. The van der Waals surface area contributed by atoms with Crippen molar-refractivity contribution in [3.8, 4) is 17.2 Å². The van der Waals surface area contributed by atoms with Gasteiger partial charge in [-0.25, -0.2) is 8.51 Å². The molecule has 0 radical (unpaired) electrons. The lowest BCUT2D eigenvalue weighted by atomic mass is 9.77. The Balaban J connectivity index is 1.85. The van der Waals surface area contributed by atoms with Gasteiger partial charge in [0.25, 0.3) is 0 Å². The summed E-state index contributed by atoms with van der Waals surface area (Å²) in [5, 5.41) is 1.46. The molecule has 5 nitrogen and oxygen atoms in total. The van der Waals surface area contributed by atoms with Crippen molar-refractivity contribution in [1.82, 2.24) is 4.31 Å². The fourth-order valence-corrected chi connectivity index (χ4v) is 13.5. The minimum Gasteiger partial charge on any atom is -0.496 e. The van der Waals surface area contributed by atoms with Crippen LogP contribution in [0.5, 0.6) is 17.2 Å². The molecule has 1 aliphatic heterocycles. The summed E-state index contributed by atoms with van der Waals surface area (Å²) >= 11 is 0. The highest BCUT2D eigenvalue weighted by molar-refractivity contribution is 7.84. The van der Waals surface area contributed by atoms with Gasteiger partial charge < -0.3 is 14.2 Å². The van der Waals surface area contributed by atoms with Crippen molar-refractivity contribution in [3.63, 3.8) is 0 Å². The highest BCUT2D eigenvalue weighted by atomic mass is 32.2. The average Bonchev–Trinajstić information content (AvgIpc) is 3.04. The van der Waals surface area contributed by atoms with Crippen LogP contribution in [-0.2, 0) is 21.8 Å². The topological polar surface area (TPSA) is 48.0 Å². The van der Waals surface area contributed by atoms with Crippen molar-refractivity contribution >= 4 is 24.2 Å². The van der Waals surface area contributed by atoms with Gasteiger partial charge >= 0.3 is 0 Å². The number of rotatable bonds is 8. The van der Waals surface area contributed by atoms with Crippen LogP contribution >= 0.6 is 7.92 Å². The molecule has 0 aromatic heterocycles. The van der Waals surface area contributed by atoms with Gasteiger partial charge in [-0.05, 0) is 109 Å². The van der Waals surface area contributed by atoms with E-state index in [2.05, 4.69) is 97.9 Å². The van der Waals surface area contributed by atoms with E-state index in [1.165, 1.54) is 91.8 Å². The Labute approximate surface area is 296 Å². The Morgan fingerprint density at radius 1 is 0.750 bits per heavy atom. The molecule has 0 bridgehead atoms. The third-order valence-electron chi connectivity index (χ3n) is 10.6. The summed E-state index contributed by atoms with van der Waals surface area (Å²) in [6.45, 7) is 21.0. The minimum atomic E-state index is -1.27. The molecule has 0 N–H and O–H groups in total. The van der Waals surface area contributed by atoms with Gasteiger partial charge in [-0.1, -0.05) is 88.0 Å². The lowest BCUT2D eigenvalue weighted by Crippen LogP contribution is -2.40. The zero-order chi connectivity index (χ0) is 35.0. The third kappa shape index (κ3) is 8.13. The fourth-order valence-electron chi connectivity index (χ4n) is 8.20. The molecule has 0 saturated heterocycles. The summed E-state index contributed by atoms with van der Waals surface area (Å²) in [5.74, 6) is 2.67. The van der Waals surface area contributed by atoms with Crippen LogP contribution in [0.3, 0.4) is 0 Å². The van der Waals surface area contributed by atoms with Crippen LogP contribution in [0.15, 0.2) is 24.3 Å². The third-order valence-corrected chi connectivity index (χ3v) is 15.9. The van der Waals surface area contributed by atoms with Gasteiger partial charge in [0.2, 0.25) is 0 Å². The number of nitrogens with zero attached hydrogens (tertiary/aromatic N) is 1. The van der Waals surface area contributed by atoms with Crippen LogP contribution in [0.2, 0.25) is 0 Å². The first-order valence-electron chi connectivity index (χ1n) is 18.6. The van der Waals surface area contributed by atoms with E-state index >= 15 is 0 Å². The Bertz CT molecular complexity index is 1390. The van der Waals surface area contributed by atoms with Crippen molar-refractivity contribution < 1.29 is 18.4 Å². The molecule has 2 atom stereocenters. The van der Waals surface area contributed by atoms with E-state index in [9.17, 15) is 4.21 Å². The predicted octanol–water partition coefficient (Wildman–Crippen LogP) is 10.3. The van der Waals surface area contributed by atoms with Gasteiger partial charge in [0, 0.05) is 18.2 Å². The molecule has 0 amide bonds. The van der Waals surface area contributed by atoms with Crippen molar-refractivity contribution in [3.05, 3.63) is 46.5 Å². The lowest BCUT2D eigenvalue weighted by Gasteiger charge is -2.42. The first-order valence-corrected chi connectivity index (χ1v) is 21.2. The minimum absolute atomic E-state index is 0.153. The second-order valence-electron chi connectivity index (χ2n) is 17.5. The number of ether oxygens (including phenoxy) is 3. The molecule has 1 heterocycles. The van der Waals surface area contributed by atoms with Crippen LogP contribution in [0.1, 0.15) is 155 Å². The van der Waals surface area contributed by atoms with Crippen molar-refractivity contribution in [2.75, 3.05) is 27.4 Å². The molecule has 1 unspecified atom stereocenters. The smallest absolute Gasteiger partial charge is 0.162 e. The number of hydrogen-bond acceptors (Lipinski definition) is 4. The monoisotopic (exact) mass is 697 g/mol. The van der Waals surface area contributed by atoms with E-state index < -0.39 is 23.7 Å². The van der Waals surface area contributed by atoms with Crippen LogP contribution < -0.4 is 19.5 Å². The lowest BCUT2D eigenvalue weighted by molar-refractivity contribution is 0.171. The van der Waals surface area contributed by atoms with E-state index in [0.29, 0.717) is 24.5 Å². The Morgan fingerprint density at radius 2 is 1.21 bits per heavy atom. The summed E-state index contributed by atoms with van der Waals surface area (Å²) in [6.07, 6.45) is 13.3. The maximum atomic E-state index is 14.6. The summed E-state index contributed by atoms with van der Waals surface area (Å²) < 4.78 is 35.2. The molecular weight excluding hydrogens is 633 g/mol. The predicted molar refractivity (Wildman–Crippen MR) is 206 cm³/mol. The highest BCUT2D eigenvalue weighted by Gasteiger charge is 2.40. The second kappa shape index (κ2) is 14.9. The molecule has 2 saturated carbocycles. The first kappa shape index (κ1) is 37.6. The molecule has 0 spiro atoms. The maximum absolute atomic E-state index is 14.6. The normalized spacial score (nSPS) is 19.9. The number of hydrogen-bond donors (Lipinski definition) is 0. The standard InChI is InChI=1S/C41H64NO4PS/c1-39(2,3)32-24-28(25-33(38(32)44-11)40(4,5)6)37(42(10)48(43)41(7,8)9)31-26-34-35(46-23-22-45-34)27-36(31)47(29-18-14-12-15-19-29)30-20-16-13-17-21-30/h24-27,29-30,37H,12-23H2,1-11H3/t37-,48?/m1/s1. The van der Waals surface area contributed by atoms with Crippen molar-refractivity contribution in [1.29, 1.82) is 0 Å². The maximum Gasteiger partial charge on any atom is 0.162 e. The van der Waals surface area contributed by atoms with E-state index in [1.54, 1.807) is 7.11 Å². The van der Waals surface area contributed by atoms with Gasteiger partial charge in [-0.15, -0.1) is 0 Å². The number of fused-ring (bicyclic) bond motifs is 1. The van der Waals surface area contributed by atoms with Crippen LogP contribution in [0.4, 0.5) is 0 Å². The van der Waals surface area contributed by atoms with Crippen LogP contribution in [0, 0.1) is 0 Å². The second-order valence-corrected chi connectivity index (χ2v) is 22.6. The van der Waals surface area contributed by atoms with Crippen molar-refractivity contribution in [2.45, 2.75) is 159 Å². The molecule has 3 aliphatic rings. The fraction of sp³-hybridized carbons (Fsp3) is 0.707. The molecule has 48 heavy (non-hydrogen) atoms. The van der Waals surface area contributed by atoms with Gasteiger partial charge in [-0.2, -0.15) is 0 Å². The summed E-state index contributed by atoms with van der Waals surface area (Å²) in [6, 6.07) is 9.17. The Kier molecular flexibility index (Phi) is 11.7. The summed E-state index contributed by atoms with van der Waals surface area (Å²) in [5.41, 5.74) is 5.92. The van der Waals surface area contributed by atoms with E-state index in [0.717, 1.165) is 17.2 Å². The SMILES string of the molecule is COc1c(C(C)(C)C)cc([C@H](c2cc3c(cc2P(C2CCCCC2)C2CCCCC2)OCCO3)N(C)S(=O)C(C)(C)C)cc1C(C)(C)C. The van der Waals surface area contributed by atoms with Crippen molar-refractivity contribution in [2.24, 2.45) is 0 Å². The van der Waals surface area contributed by atoms with E-state index in [-0.39, 0.29) is 16.9 Å². The van der Waals surface area contributed by atoms with Gasteiger partial charge in [0.1, 0.15) is 29.9 Å². The molecule has 2 aliphatic carbocycles. The summed E-state index contributed by atoms with van der Waals surface area (Å²) in [4.78, 5) is 0. The highest BCUT2D eigenvalue weighted by Crippen LogP contribution is 2.57. The van der Waals surface area contributed by atoms with Crippen LogP contribution in [-0.4, -0.2) is 52.0 Å². The Morgan fingerprint density at radius 3 is 1.62 bits per heavy atom. The Hall–Kier alpha value is -1.62. The molecule has 7 heteroatoms. The summed E-state index contributed by atoms with van der Waals surface area (Å²) in [7, 11) is 2.13. The van der Waals surface area contributed by atoms with Gasteiger partial charge in [-0.3, -0.25) is 0 Å². The molecule has 268 valence electrons. The van der Waals surface area contributed by atoms with E-state index in [4.69, 9.17) is 14.2 Å². The average molecular weight is 698 g/mol. The van der Waals surface area contributed by atoms with E-state index in [1.807, 2.05) is 0 Å². The zero-order valence-electron chi connectivity index (χ0n) is 32.0. The molecular formula is C41H64NO4PS. The van der Waals surface area contributed by atoms with Gasteiger partial charge in [0.15, 0.2) is 11.5 Å². The van der Waals surface area contributed by atoms with Gasteiger partial charge in [0.05, 0.1) is 17.9 Å². The number of methoxy groups -OCH3 is 1. The molecule has 5 rings (SSSR count). The molecule has 2 fully saturated rings.